The maximum Gasteiger partial charge on any atom is 0.242 e. The van der Waals surface area contributed by atoms with Crippen molar-refractivity contribution in [2.75, 3.05) is 75.1 Å². The van der Waals surface area contributed by atoms with Crippen molar-refractivity contribution in [2.45, 2.75) is 110 Å². The van der Waals surface area contributed by atoms with Crippen molar-refractivity contribution in [1.29, 1.82) is 0 Å². The van der Waals surface area contributed by atoms with Gasteiger partial charge < -0.3 is 14.7 Å². The molecule has 0 N–H and O–H groups in total. The van der Waals surface area contributed by atoms with E-state index in [4.69, 9.17) is 9.97 Å². The van der Waals surface area contributed by atoms with E-state index >= 15 is 0 Å². The molecule has 564 valence electrons. The number of pyridine rings is 5. The average Bonchev–Trinajstić information content (AvgIpc) is 1.80. The number of benzene rings is 2. The Kier molecular flexibility index (Phi) is 21.4. The van der Waals surface area contributed by atoms with E-state index in [9.17, 15) is 13.2 Å². The Labute approximate surface area is 655 Å². The second-order valence-corrected chi connectivity index (χ2v) is 32.3. The third-order valence-corrected chi connectivity index (χ3v) is 24.1. The first-order valence-electron chi connectivity index (χ1n) is 38.6. The molecule has 20 rings (SSSR count). The molecule has 0 spiro atoms. The summed E-state index contributed by atoms with van der Waals surface area (Å²) in [6.45, 7) is 16.7. The number of rotatable bonds is 12. The minimum atomic E-state index is -3.43. The van der Waals surface area contributed by atoms with Gasteiger partial charge in [-0.1, -0.05) is 60.7 Å². The highest BCUT2D eigenvalue weighted by atomic mass is 32.2. The lowest BCUT2D eigenvalue weighted by Gasteiger charge is -2.35. The zero-order chi connectivity index (χ0) is 77.2. The van der Waals surface area contributed by atoms with Gasteiger partial charge in [-0.3, -0.25) is 54.6 Å². The lowest BCUT2D eigenvalue weighted by atomic mass is 9.95. The molecule has 9 aliphatic rings. The number of para-hydroxylation sites is 1. The average molecular weight is 1500 g/mol. The molecule has 1 amide bonds. The number of nitrogens with zero attached hydrogens (tertiary/aromatic N) is 18. The van der Waals surface area contributed by atoms with Crippen LogP contribution in [0.25, 0.3) is 84.0 Å². The van der Waals surface area contributed by atoms with Crippen molar-refractivity contribution < 1.29 is 13.2 Å². The molecule has 3 fully saturated rings. The van der Waals surface area contributed by atoms with Gasteiger partial charge in [0.25, 0.3) is 0 Å². The quantitative estimate of drug-likeness (QED) is 0.111. The number of sulfonamides is 1. The van der Waals surface area contributed by atoms with E-state index in [2.05, 4.69) is 196 Å². The van der Waals surface area contributed by atoms with E-state index in [1.54, 1.807) is 47.9 Å². The van der Waals surface area contributed by atoms with Gasteiger partial charge in [0.15, 0.2) is 17.5 Å². The van der Waals surface area contributed by atoms with Crippen molar-refractivity contribution in [2.24, 2.45) is 5.92 Å². The van der Waals surface area contributed by atoms with E-state index in [0.717, 1.165) is 193 Å². The highest BCUT2D eigenvalue weighted by Gasteiger charge is 2.29. The van der Waals surface area contributed by atoms with E-state index < -0.39 is 10.0 Å². The zero-order valence-electron chi connectivity index (χ0n) is 64.7. The van der Waals surface area contributed by atoms with Gasteiger partial charge in [0, 0.05) is 175 Å². The first-order valence-corrected chi connectivity index (χ1v) is 40.1. The number of likely N-dealkylation sites (tertiary alicyclic amines) is 1. The van der Waals surface area contributed by atoms with Crippen LogP contribution in [-0.4, -0.2) is 149 Å². The molecule has 13 heterocycles. The second-order valence-electron chi connectivity index (χ2n) is 30.2. The minimum absolute atomic E-state index is 0.123. The van der Waals surface area contributed by atoms with Crippen LogP contribution in [0.5, 0.6) is 0 Å². The van der Waals surface area contributed by atoms with Crippen molar-refractivity contribution in [3.05, 3.63) is 257 Å². The fraction of sp³-hybridized carbons (Fsp3) is 0.289. The molecule has 0 saturated carbocycles. The van der Waals surface area contributed by atoms with Gasteiger partial charge in [-0.05, 0) is 195 Å². The third-order valence-electron chi connectivity index (χ3n) is 22.3. The summed E-state index contributed by atoms with van der Waals surface area (Å²) in [5, 5.41) is 0. The van der Waals surface area contributed by atoms with Crippen LogP contribution in [0.3, 0.4) is 0 Å². The summed E-state index contributed by atoms with van der Waals surface area (Å²) in [6.07, 6.45) is 45.4. The van der Waals surface area contributed by atoms with Crippen LogP contribution in [0.2, 0.25) is 0 Å². The summed E-state index contributed by atoms with van der Waals surface area (Å²) in [6, 6.07) is 26.3. The predicted octanol–water partition coefficient (Wildman–Crippen LogP) is 15.5. The second kappa shape index (κ2) is 32.2. The lowest BCUT2D eigenvalue weighted by Crippen LogP contribution is -2.44. The van der Waals surface area contributed by atoms with Crippen LogP contribution >= 0.6 is 0 Å². The zero-order valence-corrected chi connectivity index (χ0v) is 65.5. The van der Waals surface area contributed by atoms with Crippen LogP contribution in [0.4, 0.5) is 23.1 Å². The Bertz CT molecular complexity index is 5760. The summed E-state index contributed by atoms with van der Waals surface area (Å²) < 4.78 is 25.7. The Morgan fingerprint density at radius 1 is 0.446 bits per heavy atom. The number of allylic oxidation sites excluding steroid dienone is 10. The summed E-state index contributed by atoms with van der Waals surface area (Å²) in [4.78, 5) is 80.1. The first kappa shape index (κ1) is 74.3. The molecular formula is C90H90N18O3S. The molecule has 0 radical (unpaired) electrons. The first-order chi connectivity index (χ1) is 54.4. The molecule has 5 aliphatic carbocycles. The largest absolute Gasteiger partial charge is 0.355 e. The van der Waals surface area contributed by atoms with Crippen LogP contribution < -0.4 is 14.7 Å². The summed E-state index contributed by atoms with van der Waals surface area (Å²) in [7, 11) is 1.80. The highest BCUT2D eigenvalue weighted by molar-refractivity contribution is 7.89. The maximum absolute atomic E-state index is 12.3. The van der Waals surface area contributed by atoms with Crippen molar-refractivity contribution >= 4 is 66.9 Å². The van der Waals surface area contributed by atoms with Crippen molar-refractivity contribution in [3.8, 4) is 56.2 Å². The molecule has 21 nitrogen and oxygen atoms in total. The highest BCUT2D eigenvalue weighted by Crippen LogP contribution is 2.39. The Hall–Kier alpha value is -11.9. The molecule has 0 bridgehead atoms. The van der Waals surface area contributed by atoms with E-state index in [1.165, 1.54) is 104 Å². The van der Waals surface area contributed by atoms with E-state index in [0.29, 0.717) is 17.1 Å². The molecular weight excluding hydrogens is 1410 g/mol. The van der Waals surface area contributed by atoms with Crippen LogP contribution in [-0.2, 0) is 59.8 Å². The molecule has 112 heavy (non-hydrogen) atoms. The predicted molar refractivity (Wildman–Crippen MR) is 443 cm³/mol. The minimum Gasteiger partial charge on any atom is -0.355 e. The Morgan fingerprint density at radius 2 is 0.920 bits per heavy atom. The third kappa shape index (κ3) is 15.8. The van der Waals surface area contributed by atoms with Gasteiger partial charge in [0.2, 0.25) is 15.9 Å². The number of amides is 1. The normalized spacial score (nSPS) is 16.2. The molecule has 3 saturated heterocycles. The molecule has 4 aliphatic heterocycles. The molecule has 2 aromatic carbocycles. The van der Waals surface area contributed by atoms with Gasteiger partial charge in [-0.25, -0.2) is 32.7 Å². The van der Waals surface area contributed by atoms with Crippen LogP contribution in [0, 0.1) is 5.92 Å². The fourth-order valence-corrected chi connectivity index (χ4v) is 16.8. The Balaban J connectivity index is 0.000000106. The van der Waals surface area contributed by atoms with E-state index in [-0.39, 0.29) is 5.91 Å². The van der Waals surface area contributed by atoms with Crippen molar-refractivity contribution in [3.63, 3.8) is 0 Å². The number of aromatic nitrogens is 13. The lowest BCUT2D eigenvalue weighted by molar-refractivity contribution is -0.117. The van der Waals surface area contributed by atoms with Gasteiger partial charge in [-0.15, -0.1) is 0 Å². The van der Waals surface area contributed by atoms with Gasteiger partial charge in [0.05, 0.1) is 87.1 Å². The molecule has 0 atom stereocenters. The smallest absolute Gasteiger partial charge is 0.242 e. The number of fused-ring (bicyclic) bond motifs is 6. The number of carbonyl (C=O) groups excluding carboxylic acids is 1. The van der Waals surface area contributed by atoms with Gasteiger partial charge in [-0.2, -0.15) is 0 Å². The topological polar surface area (TPSA) is 235 Å². The monoisotopic (exact) mass is 1500 g/mol. The fourth-order valence-electron chi connectivity index (χ4n) is 15.8. The number of carbonyl (C=O) groups is 1. The molecule has 11 aromatic rings. The van der Waals surface area contributed by atoms with Gasteiger partial charge in [0.1, 0.15) is 5.69 Å². The summed E-state index contributed by atoms with van der Waals surface area (Å²) >= 11 is 0. The summed E-state index contributed by atoms with van der Waals surface area (Å²) in [5.74, 6) is 3.37. The summed E-state index contributed by atoms with van der Waals surface area (Å²) in [5.41, 5.74) is 31.2. The maximum atomic E-state index is 12.3. The van der Waals surface area contributed by atoms with Gasteiger partial charge >= 0.3 is 0 Å². The Morgan fingerprint density at radius 3 is 1.44 bits per heavy atom. The van der Waals surface area contributed by atoms with Crippen LogP contribution in [0.15, 0.2) is 195 Å². The molecule has 0 unspecified atom stereocenters. The number of hydrogen-bond donors (Lipinski definition) is 0. The number of hydrogen-bond acceptors (Lipinski definition) is 19. The standard InChI is InChI=1S/C21H18N4.C18H20N4.C17H16N4O.C17H18N4.C17H18N2O2S/c1-14-6-7-18-17(14)10-16(11-23-18)19-12-22-13-21(24-19)25-9-8-15-4-2-3-5-20(15)25;1-12-3-4-17-16(12)6-14(7-20-17)18-9-19-8-15(21-18)5-13-10-22(2)11-13;1-11-4-5-14-13(11)7-12(8-19-14)15-9-18-10-16(20-15)21-6-2-3-17(21)22;1-12-4-5-15-14(12)10-13(11-20-15)16-17(19-7-6-18-16)21-8-2-3-9-21;1-12-7-8-17-16(12)10-14(11-18-17)13-5-4-6-15(9-13)22(20,21)19(2)3/h2-6,10-13H,7-9H2,1H3;3,6-9,13H,4-5,10-11H2,1-2H3;4,7-10H,2-3,5-6H2,1H3;4,6-7,10-11H,2-3,5,8-9H2,1H3;4-7,9-11H,8H2,1-3H3. The van der Waals surface area contributed by atoms with E-state index in [1.807, 2.05) is 61.8 Å². The number of anilines is 4. The SMILES string of the molecule is CC1=CCc2ncc(-c3cccc(S(=O)(=O)N(C)C)c3)cc21.CC1=CCc2ncc(-c3cncc(CC4CN(C)C4)n3)cc21.CC1=CCc2ncc(-c3cncc(N4CCCC4=O)n3)cc21.CC1=CCc2ncc(-c3cncc(N4CCc5ccccc54)n3)cc21.CC1=CCc2ncc(-c3nccnc3N3CCCC3)cc21. The van der Waals surface area contributed by atoms with Crippen molar-refractivity contribution in [1.82, 2.24) is 74.0 Å². The molecule has 22 heteroatoms. The van der Waals surface area contributed by atoms with Crippen LogP contribution in [0.1, 0.15) is 128 Å². The molecule has 9 aromatic heterocycles.